The maximum atomic E-state index is 5.78. The Morgan fingerprint density at radius 2 is 1.95 bits per heavy atom. The monoisotopic (exact) mass is 286 g/mol. The van der Waals surface area contributed by atoms with Crippen LogP contribution in [0.15, 0.2) is 36.7 Å². The fourth-order valence-corrected chi connectivity index (χ4v) is 2.05. The van der Waals surface area contributed by atoms with Crippen LogP contribution in [0.2, 0.25) is 0 Å². The molecule has 0 amide bonds. The molecule has 0 saturated heterocycles. The van der Waals surface area contributed by atoms with E-state index in [0.717, 1.165) is 24.3 Å². The molecule has 0 aliphatic carbocycles. The second-order valence-corrected chi connectivity index (χ2v) is 4.89. The van der Waals surface area contributed by atoms with Crippen LogP contribution in [-0.4, -0.2) is 23.6 Å². The smallest absolute Gasteiger partial charge is 0.234 e. The summed E-state index contributed by atoms with van der Waals surface area (Å²) in [6.45, 7) is 3.99. The maximum absolute atomic E-state index is 5.78. The molecule has 1 aromatic carbocycles. The minimum Gasteiger partial charge on any atom is -0.477 e. The van der Waals surface area contributed by atoms with Crippen LogP contribution in [0.25, 0.3) is 0 Å². The minimum absolute atomic E-state index is 0.537. The normalized spacial score (nSPS) is 10.4. The van der Waals surface area contributed by atoms with Crippen LogP contribution in [0.4, 0.5) is 5.82 Å². The van der Waals surface area contributed by atoms with Gasteiger partial charge >= 0.3 is 0 Å². The van der Waals surface area contributed by atoms with Crippen molar-refractivity contribution in [2.75, 3.05) is 18.6 Å². The van der Waals surface area contributed by atoms with Gasteiger partial charge in [0.15, 0.2) is 5.82 Å². The van der Waals surface area contributed by atoms with Crippen molar-refractivity contribution in [3.8, 4) is 5.88 Å². The zero-order valence-corrected chi connectivity index (χ0v) is 12.6. The van der Waals surface area contributed by atoms with Gasteiger partial charge in [-0.05, 0) is 17.5 Å². The van der Waals surface area contributed by atoms with Gasteiger partial charge in [-0.25, -0.2) is 0 Å². The third-order valence-corrected chi connectivity index (χ3v) is 3.19. The molecule has 1 aromatic heterocycles. The van der Waals surface area contributed by atoms with E-state index < -0.39 is 0 Å². The van der Waals surface area contributed by atoms with Crippen molar-refractivity contribution in [2.24, 2.45) is 5.73 Å². The van der Waals surface area contributed by atoms with Gasteiger partial charge in [0, 0.05) is 20.1 Å². The zero-order valence-electron chi connectivity index (χ0n) is 12.6. The summed E-state index contributed by atoms with van der Waals surface area (Å²) in [5, 5.41) is 0. The van der Waals surface area contributed by atoms with Gasteiger partial charge in [-0.3, -0.25) is 4.98 Å². The summed E-state index contributed by atoms with van der Waals surface area (Å²) in [5.74, 6) is 1.35. The van der Waals surface area contributed by atoms with Crippen LogP contribution in [-0.2, 0) is 13.1 Å². The molecule has 0 fully saturated rings. The van der Waals surface area contributed by atoms with Crippen molar-refractivity contribution >= 4 is 5.82 Å². The summed E-state index contributed by atoms with van der Waals surface area (Å²) in [5.41, 5.74) is 8.12. The van der Waals surface area contributed by atoms with Crippen molar-refractivity contribution in [1.29, 1.82) is 0 Å². The van der Waals surface area contributed by atoms with E-state index in [4.69, 9.17) is 10.5 Å². The van der Waals surface area contributed by atoms with Gasteiger partial charge in [-0.2, -0.15) is 4.98 Å². The highest BCUT2D eigenvalue weighted by Gasteiger charge is 2.08. The number of rotatable bonds is 7. The second kappa shape index (κ2) is 7.59. The van der Waals surface area contributed by atoms with Gasteiger partial charge in [0.05, 0.1) is 19.0 Å². The lowest BCUT2D eigenvalue weighted by atomic mass is 10.1. The van der Waals surface area contributed by atoms with Crippen LogP contribution in [0.1, 0.15) is 24.5 Å². The van der Waals surface area contributed by atoms with Crippen LogP contribution in [0.5, 0.6) is 5.88 Å². The first kappa shape index (κ1) is 15.3. The van der Waals surface area contributed by atoms with Crippen molar-refractivity contribution in [1.82, 2.24) is 9.97 Å². The first-order valence-electron chi connectivity index (χ1n) is 7.17. The van der Waals surface area contributed by atoms with Gasteiger partial charge in [0.1, 0.15) is 0 Å². The molecular weight excluding hydrogens is 264 g/mol. The highest BCUT2D eigenvalue weighted by atomic mass is 16.5. The first-order valence-corrected chi connectivity index (χ1v) is 7.17. The number of hydrogen-bond acceptors (Lipinski definition) is 5. The van der Waals surface area contributed by atoms with E-state index in [1.165, 1.54) is 5.56 Å². The Labute approximate surface area is 125 Å². The molecule has 5 heteroatoms. The Morgan fingerprint density at radius 1 is 1.19 bits per heavy atom. The minimum atomic E-state index is 0.537. The number of nitrogens with two attached hydrogens (primary N) is 1. The summed E-state index contributed by atoms with van der Waals surface area (Å²) in [4.78, 5) is 10.7. The SMILES string of the molecule is CCCOc1cncc(N(C)Cc2ccccc2CN)n1. The molecule has 0 atom stereocenters. The molecule has 5 nitrogen and oxygen atoms in total. The van der Waals surface area contributed by atoms with Crippen molar-refractivity contribution in [3.05, 3.63) is 47.8 Å². The van der Waals surface area contributed by atoms with Crippen LogP contribution < -0.4 is 15.4 Å². The average molecular weight is 286 g/mol. The molecule has 21 heavy (non-hydrogen) atoms. The summed E-state index contributed by atoms with van der Waals surface area (Å²) < 4.78 is 5.52. The van der Waals surface area contributed by atoms with Gasteiger partial charge in [-0.1, -0.05) is 31.2 Å². The van der Waals surface area contributed by atoms with Gasteiger partial charge in [0.25, 0.3) is 0 Å². The largest absolute Gasteiger partial charge is 0.477 e. The zero-order chi connectivity index (χ0) is 15.1. The molecule has 2 N–H and O–H groups in total. The van der Waals surface area contributed by atoms with E-state index >= 15 is 0 Å². The standard InChI is InChI=1S/C16H22N4O/c1-3-8-21-16-11-18-10-15(19-16)20(2)12-14-7-5-4-6-13(14)9-17/h4-7,10-11H,3,8-9,12,17H2,1-2H3. The van der Waals surface area contributed by atoms with E-state index in [1.54, 1.807) is 12.4 Å². The summed E-state index contributed by atoms with van der Waals surface area (Å²) in [6.07, 6.45) is 4.33. The third-order valence-electron chi connectivity index (χ3n) is 3.19. The molecule has 0 bridgehead atoms. The molecule has 1 heterocycles. The predicted molar refractivity (Wildman–Crippen MR) is 84.3 cm³/mol. The van der Waals surface area contributed by atoms with Crippen LogP contribution in [0.3, 0.4) is 0 Å². The topological polar surface area (TPSA) is 64.3 Å². The molecule has 0 unspecified atom stereocenters. The lowest BCUT2D eigenvalue weighted by Gasteiger charge is -2.20. The van der Waals surface area contributed by atoms with Crippen molar-refractivity contribution in [2.45, 2.75) is 26.4 Å². The Kier molecular flexibility index (Phi) is 5.51. The van der Waals surface area contributed by atoms with E-state index in [0.29, 0.717) is 19.0 Å². The highest BCUT2D eigenvalue weighted by molar-refractivity contribution is 5.39. The van der Waals surface area contributed by atoms with Gasteiger partial charge in [0.2, 0.25) is 5.88 Å². The number of nitrogens with zero attached hydrogens (tertiary/aromatic N) is 3. The Hall–Kier alpha value is -2.14. The fraction of sp³-hybridized carbons (Fsp3) is 0.375. The van der Waals surface area contributed by atoms with E-state index in [1.807, 2.05) is 24.1 Å². The second-order valence-electron chi connectivity index (χ2n) is 4.89. The van der Waals surface area contributed by atoms with Gasteiger partial charge < -0.3 is 15.4 Å². The lowest BCUT2D eigenvalue weighted by molar-refractivity contribution is 0.304. The van der Waals surface area contributed by atoms with Crippen molar-refractivity contribution < 1.29 is 4.74 Å². The Balaban J connectivity index is 2.10. The number of aromatic nitrogens is 2. The summed E-state index contributed by atoms with van der Waals surface area (Å²) in [6, 6.07) is 8.17. The number of ether oxygens (including phenoxy) is 1. The lowest BCUT2D eigenvalue weighted by Crippen LogP contribution is -2.19. The molecular formula is C16H22N4O. The highest BCUT2D eigenvalue weighted by Crippen LogP contribution is 2.17. The van der Waals surface area contributed by atoms with Gasteiger partial charge in [-0.15, -0.1) is 0 Å². The summed E-state index contributed by atoms with van der Waals surface area (Å²) >= 11 is 0. The Bertz CT molecular complexity index is 574. The molecule has 0 saturated carbocycles. The molecule has 0 spiro atoms. The molecule has 112 valence electrons. The van der Waals surface area contributed by atoms with Crippen molar-refractivity contribution in [3.63, 3.8) is 0 Å². The number of hydrogen-bond donors (Lipinski definition) is 1. The van der Waals surface area contributed by atoms with Crippen LogP contribution in [0, 0.1) is 0 Å². The molecule has 0 aliphatic rings. The average Bonchev–Trinajstić information content (AvgIpc) is 2.53. The first-order chi connectivity index (χ1) is 10.2. The predicted octanol–water partition coefficient (Wildman–Crippen LogP) is 2.36. The molecule has 0 radical (unpaired) electrons. The maximum Gasteiger partial charge on any atom is 0.234 e. The van der Waals surface area contributed by atoms with E-state index in [-0.39, 0.29) is 0 Å². The van der Waals surface area contributed by atoms with E-state index in [2.05, 4.69) is 29.0 Å². The number of benzene rings is 1. The van der Waals surface area contributed by atoms with E-state index in [9.17, 15) is 0 Å². The molecule has 2 rings (SSSR count). The van der Waals surface area contributed by atoms with Crippen LogP contribution >= 0.6 is 0 Å². The third kappa shape index (κ3) is 4.16. The Morgan fingerprint density at radius 3 is 2.67 bits per heavy atom. The quantitative estimate of drug-likeness (QED) is 0.846. The fourth-order valence-electron chi connectivity index (χ4n) is 2.05. The summed E-state index contributed by atoms with van der Waals surface area (Å²) in [7, 11) is 1.99. The molecule has 0 aliphatic heterocycles. The molecule has 2 aromatic rings. The number of anilines is 1.